The van der Waals surface area contributed by atoms with E-state index < -0.39 is 5.25 Å². The average Bonchev–Trinajstić information content (AvgIpc) is 3.21. The summed E-state index contributed by atoms with van der Waals surface area (Å²) in [6, 6.07) is 21.2. The number of nitrogens with two attached hydrogens (primary N) is 1. The summed E-state index contributed by atoms with van der Waals surface area (Å²) < 4.78 is 12.2. The van der Waals surface area contributed by atoms with Crippen LogP contribution >= 0.6 is 11.8 Å². The molecule has 3 aromatic carbocycles. The van der Waals surface area contributed by atoms with Gasteiger partial charge in [-0.05, 0) is 37.1 Å². The van der Waals surface area contributed by atoms with Crippen molar-refractivity contribution in [2.75, 3.05) is 20.1 Å². The summed E-state index contributed by atoms with van der Waals surface area (Å²) in [7, 11) is 3.19. The normalized spacial score (nSPS) is 11.8. The molecule has 1 aromatic heterocycles. The Balaban J connectivity index is 1.62. The third-order valence-corrected chi connectivity index (χ3v) is 6.93. The van der Waals surface area contributed by atoms with Crippen molar-refractivity contribution in [1.82, 2.24) is 14.9 Å². The Morgan fingerprint density at radius 2 is 1.54 bits per heavy atom. The van der Waals surface area contributed by atoms with Crippen LogP contribution in [0.4, 0.5) is 0 Å². The number of aryl methyl sites for hydroxylation is 2. The number of aromatic nitrogens is 3. The highest BCUT2D eigenvalue weighted by atomic mass is 32.2. The molecule has 7 nitrogen and oxygen atoms in total. The number of hydrogen-bond donors (Lipinski definition) is 1. The minimum Gasteiger partial charge on any atom is -0.493 e. The number of benzene rings is 3. The van der Waals surface area contributed by atoms with Crippen LogP contribution in [0, 0.1) is 13.8 Å². The second kappa shape index (κ2) is 10.7. The molecule has 0 aliphatic carbocycles. The molecule has 0 amide bonds. The predicted molar refractivity (Wildman–Crippen MR) is 138 cm³/mol. The average molecular weight is 489 g/mol. The molecule has 8 heteroatoms. The van der Waals surface area contributed by atoms with Crippen molar-refractivity contribution in [2.45, 2.75) is 30.7 Å². The molecule has 0 radical (unpaired) electrons. The van der Waals surface area contributed by atoms with Gasteiger partial charge in [0.15, 0.2) is 23.1 Å². The Bertz CT molecular complexity index is 1320. The van der Waals surface area contributed by atoms with Crippen LogP contribution in [0.25, 0.3) is 0 Å². The Labute approximate surface area is 209 Å². The van der Waals surface area contributed by atoms with Gasteiger partial charge < -0.3 is 15.3 Å². The molecule has 0 aliphatic heterocycles. The summed E-state index contributed by atoms with van der Waals surface area (Å²) in [6.45, 7) is 4.02. The van der Waals surface area contributed by atoms with Gasteiger partial charge in [0.1, 0.15) is 5.25 Å². The predicted octanol–water partition coefficient (Wildman–Crippen LogP) is 4.93. The van der Waals surface area contributed by atoms with Crippen molar-refractivity contribution in [3.05, 3.63) is 100 Å². The van der Waals surface area contributed by atoms with Gasteiger partial charge in [-0.25, -0.2) is 4.68 Å². The van der Waals surface area contributed by atoms with Gasteiger partial charge in [-0.15, -0.1) is 10.2 Å². The smallest absolute Gasteiger partial charge is 0.210 e. The fourth-order valence-corrected chi connectivity index (χ4v) is 4.72. The zero-order valence-electron chi connectivity index (χ0n) is 20.2. The standard InChI is InChI=1S/C27H28N4O3S/c1-17-5-10-20(11-6-17)25(32)26(21-12-7-18(2)8-13-21)35-27-30-29-24(31(27)28)16-19-9-14-22(33-3)23(15-19)34-4/h5-15,26H,16,28H2,1-4H3/t26-/m1/s1. The number of Topliss-reactive ketones (excluding diaryl/α,β-unsaturated/α-hetero) is 1. The molecule has 1 heterocycles. The first-order valence-electron chi connectivity index (χ1n) is 11.1. The molecule has 0 unspecified atom stereocenters. The number of ether oxygens (including phenoxy) is 2. The number of thioether (sulfide) groups is 1. The van der Waals surface area contributed by atoms with Gasteiger partial charge in [0.25, 0.3) is 0 Å². The summed E-state index contributed by atoms with van der Waals surface area (Å²) in [5.41, 5.74) is 4.70. The largest absolute Gasteiger partial charge is 0.493 e. The van der Waals surface area contributed by atoms with Gasteiger partial charge in [-0.3, -0.25) is 4.79 Å². The minimum atomic E-state index is -0.515. The van der Waals surface area contributed by atoms with Crippen molar-refractivity contribution in [1.29, 1.82) is 0 Å². The molecule has 0 saturated carbocycles. The van der Waals surface area contributed by atoms with Crippen LogP contribution in [-0.4, -0.2) is 34.9 Å². The fourth-order valence-electron chi connectivity index (χ4n) is 3.67. The van der Waals surface area contributed by atoms with Gasteiger partial charge in [0.05, 0.1) is 14.2 Å². The maximum Gasteiger partial charge on any atom is 0.210 e. The molecule has 0 spiro atoms. The maximum absolute atomic E-state index is 13.5. The van der Waals surface area contributed by atoms with Crippen LogP contribution in [0.5, 0.6) is 11.5 Å². The van der Waals surface area contributed by atoms with Crippen LogP contribution in [0.3, 0.4) is 0 Å². The van der Waals surface area contributed by atoms with Gasteiger partial charge in [0, 0.05) is 12.0 Å². The van der Waals surface area contributed by atoms with E-state index >= 15 is 0 Å². The Kier molecular flexibility index (Phi) is 7.41. The van der Waals surface area contributed by atoms with E-state index in [2.05, 4.69) is 10.2 Å². The molecule has 0 bridgehead atoms. The first kappa shape index (κ1) is 24.3. The second-order valence-corrected chi connectivity index (χ2v) is 9.35. The van der Waals surface area contributed by atoms with Crippen molar-refractivity contribution in [3.63, 3.8) is 0 Å². The molecule has 4 aromatic rings. The molecule has 0 saturated heterocycles. The lowest BCUT2D eigenvalue weighted by molar-refractivity contribution is 0.0989. The first-order valence-corrected chi connectivity index (χ1v) is 12.0. The van der Waals surface area contributed by atoms with Crippen molar-refractivity contribution >= 4 is 17.5 Å². The summed E-state index contributed by atoms with van der Waals surface area (Å²) >= 11 is 1.30. The zero-order valence-corrected chi connectivity index (χ0v) is 21.0. The molecule has 1 atom stereocenters. The fraction of sp³-hybridized carbons (Fsp3) is 0.222. The molecular formula is C27H28N4O3S. The quantitative estimate of drug-likeness (QED) is 0.203. The number of carbonyl (C=O) groups is 1. The zero-order chi connectivity index (χ0) is 24.9. The molecule has 0 aliphatic rings. The molecule has 0 fully saturated rings. The van der Waals surface area contributed by atoms with Crippen molar-refractivity contribution < 1.29 is 14.3 Å². The Morgan fingerprint density at radius 1 is 0.914 bits per heavy atom. The highest BCUT2D eigenvalue weighted by molar-refractivity contribution is 8.00. The second-order valence-electron chi connectivity index (χ2n) is 8.27. The van der Waals surface area contributed by atoms with Crippen molar-refractivity contribution in [3.8, 4) is 11.5 Å². The molecule has 4 rings (SSSR count). The number of ketones is 1. The van der Waals surface area contributed by atoms with Crippen LogP contribution in [0.1, 0.15) is 43.7 Å². The van der Waals surface area contributed by atoms with Crippen LogP contribution < -0.4 is 15.3 Å². The van der Waals surface area contributed by atoms with E-state index in [0.29, 0.717) is 34.5 Å². The number of rotatable bonds is 9. The molecule has 2 N–H and O–H groups in total. The molecule has 35 heavy (non-hydrogen) atoms. The number of carbonyl (C=O) groups excluding carboxylic acids is 1. The van der Waals surface area contributed by atoms with Gasteiger partial charge in [-0.1, -0.05) is 77.5 Å². The highest BCUT2D eigenvalue weighted by Gasteiger charge is 2.26. The van der Waals surface area contributed by atoms with E-state index in [1.165, 1.54) is 16.4 Å². The Hall–Kier alpha value is -3.78. The molecular weight excluding hydrogens is 460 g/mol. The third-order valence-electron chi connectivity index (χ3n) is 5.72. The van der Waals surface area contributed by atoms with E-state index in [4.69, 9.17) is 15.3 Å². The topological polar surface area (TPSA) is 92.3 Å². The lowest BCUT2D eigenvalue weighted by atomic mass is 10.0. The minimum absolute atomic E-state index is 0.0108. The maximum atomic E-state index is 13.5. The summed E-state index contributed by atoms with van der Waals surface area (Å²) in [5, 5.41) is 8.55. The SMILES string of the molecule is COc1ccc(Cc2nnc(S[C@@H](C(=O)c3ccc(C)cc3)c3ccc(C)cc3)n2N)cc1OC. The van der Waals surface area contributed by atoms with Crippen molar-refractivity contribution in [2.24, 2.45) is 0 Å². The lowest BCUT2D eigenvalue weighted by Gasteiger charge is -2.16. The number of nitrogens with zero attached hydrogens (tertiary/aromatic N) is 3. The summed E-state index contributed by atoms with van der Waals surface area (Å²) in [6.07, 6.45) is 0.450. The van der Waals surface area contributed by atoms with Gasteiger partial charge in [-0.2, -0.15) is 0 Å². The number of nitrogen functional groups attached to an aromatic ring is 1. The van der Waals surface area contributed by atoms with E-state index in [0.717, 1.165) is 22.3 Å². The third kappa shape index (κ3) is 5.49. The highest BCUT2D eigenvalue weighted by Crippen LogP contribution is 2.37. The molecule has 180 valence electrons. The summed E-state index contributed by atoms with van der Waals surface area (Å²) in [4.78, 5) is 13.5. The summed E-state index contributed by atoms with van der Waals surface area (Å²) in [5.74, 6) is 8.23. The monoisotopic (exact) mass is 488 g/mol. The van der Waals surface area contributed by atoms with Gasteiger partial charge >= 0.3 is 0 Å². The number of hydrogen-bond acceptors (Lipinski definition) is 7. The van der Waals surface area contributed by atoms with E-state index in [1.54, 1.807) is 14.2 Å². The van der Waals surface area contributed by atoms with Crippen LogP contribution in [-0.2, 0) is 6.42 Å². The van der Waals surface area contributed by atoms with E-state index in [-0.39, 0.29) is 5.78 Å². The van der Waals surface area contributed by atoms with E-state index in [9.17, 15) is 4.79 Å². The van der Waals surface area contributed by atoms with E-state index in [1.807, 2.05) is 80.6 Å². The Morgan fingerprint density at radius 3 is 2.17 bits per heavy atom. The van der Waals surface area contributed by atoms with Gasteiger partial charge in [0.2, 0.25) is 5.16 Å². The van der Waals surface area contributed by atoms with Crippen LogP contribution in [0.15, 0.2) is 71.9 Å². The first-order chi connectivity index (χ1) is 16.9. The van der Waals surface area contributed by atoms with Crippen LogP contribution in [0.2, 0.25) is 0 Å². The number of methoxy groups -OCH3 is 2. The lowest BCUT2D eigenvalue weighted by Crippen LogP contribution is -2.17.